The molecule has 1 aliphatic heterocycles. The number of rotatable bonds is 1. The number of ether oxygens (including phenoxy) is 1. The average molecular weight is 268 g/mol. The smallest absolute Gasteiger partial charge is 0.410 e. The van der Waals surface area contributed by atoms with Crippen molar-refractivity contribution in [1.82, 2.24) is 4.90 Å². The Morgan fingerprint density at radius 1 is 1.21 bits per heavy atom. The van der Waals surface area contributed by atoms with Crippen LogP contribution in [0.3, 0.4) is 0 Å². The number of likely N-dealkylation sites (tertiary alicyclic amines) is 1. The molecule has 0 radical (unpaired) electrons. The lowest BCUT2D eigenvalue weighted by Gasteiger charge is -2.36. The molecule has 0 aromatic carbocycles. The quantitative estimate of drug-likeness (QED) is 0.795. The molecular weight excluding hydrogens is 240 g/mol. The van der Waals surface area contributed by atoms with Crippen LogP contribution in [0.15, 0.2) is 0 Å². The molecule has 0 bridgehead atoms. The molecule has 1 saturated carbocycles. The Bertz CT molecular complexity index is 325. The third-order valence-corrected chi connectivity index (χ3v) is 4.23. The van der Waals surface area contributed by atoms with Crippen LogP contribution < -0.4 is 5.73 Å². The van der Waals surface area contributed by atoms with Gasteiger partial charge in [0.15, 0.2) is 0 Å². The summed E-state index contributed by atoms with van der Waals surface area (Å²) in [5.74, 6) is 0.568. The van der Waals surface area contributed by atoms with Crippen molar-refractivity contribution in [2.24, 2.45) is 11.7 Å². The first-order chi connectivity index (χ1) is 8.87. The lowest BCUT2D eigenvalue weighted by molar-refractivity contribution is 0.0152. The number of hydrogen-bond donors (Lipinski definition) is 1. The van der Waals surface area contributed by atoms with Crippen molar-refractivity contribution in [3.05, 3.63) is 0 Å². The van der Waals surface area contributed by atoms with E-state index in [1.54, 1.807) is 0 Å². The second-order valence-electron chi connectivity index (χ2n) is 7.07. The zero-order valence-electron chi connectivity index (χ0n) is 12.5. The average Bonchev–Trinajstić information content (AvgIpc) is 2.75. The van der Waals surface area contributed by atoms with E-state index in [4.69, 9.17) is 10.5 Å². The van der Waals surface area contributed by atoms with Crippen molar-refractivity contribution >= 4 is 6.09 Å². The van der Waals surface area contributed by atoms with Crippen LogP contribution in [-0.4, -0.2) is 35.2 Å². The van der Waals surface area contributed by atoms with Gasteiger partial charge in [0.25, 0.3) is 0 Å². The highest BCUT2D eigenvalue weighted by molar-refractivity contribution is 5.69. The summed E-state index contributed by atoms with van der Waals surface area (Å²) in [6.45, 7) is 6.61. The molecule has 0 spiro atoms. The van der Waals surface area contributed by atoms with Crippen LogP contribution in [0.5, 0.6) is 0 Å². The summed E-state index contributed by atoms with van der Waals surface area (Å²) in [5, 5.41) is 0. The van der Waals surface area contributed by atoms with E-state index in [2.05, 4.69) is 0 Å². The van der Waals surface area contributed by atoms with E-state index in [0.29, 0.717) is 18.0 Å². The second-order valence-corrected chi connectivity index (χ2v) is 7.07. The fourth-order valence-electron chi connectivity index (χ4n) is 3.45. The SMILES string of the molecule is CC(C)(C)OC(=O)N1CCC[C@@H]1[C@H]1CCC[C@@H](N)C1. The van der Waals surface area contributed by atoms with Crippen LogP contribution in [-0.2, 0) is 4.74 Å². The maximum absolute atomic E-state index is 12.3. The summed E-state index contributed by atoms with van der Waals surface area (Å²) < 4.78 is 5.53. The summed E-state index contributed by atoms with van der Waals surface area (Å²) in [7, 11) is 0. The minimum Gasteiger partial charge on any atom is -0.444 e. The van der Waals surface area contributed by atoms with Gasteiger partial charge in [-0.1, -0.05) is 6.42 Å². The van der Waals surface area contributed by atoms with E-state index in [1.165, 1.54) is 12.8 Å². The topological polar surface area (TPSA) is 55.6 Å². The predicted molar refractivity (Wildman–Crippen MR) is 75.9 cm³/mol. The van der Waals surface area contributed by atoms with E-state index >= 15 is 0 Å². The zero-order chi connectivity index (χ0) is 14.0. The van der Waals surface area contributed by atoms with Crippen LogP contribution in [0.2, 0.25) is 0 Å². The molecule has 0 aromatic rings. The van der Waals surface area contributed by atoms with Crippen molar-refractivity contribution in [3.63, 3.8) is 0 Å². The summed E-state index contributed by atoms with van der Waals surface area (Å²) in [6.07, 6.45) is 6.66. The molecule has 19 heavy (non-hydrogen) atoms. The molecule has 0 unspecified atom stereocenters. The fraction of sp³-hybridized carbons (Fsp3) is 0.933. The Balaban J connectivity index is 1.98. The molecule has 4 heteroatoms. The van der Waals surface area contributed by atoms with Gasteiger partial charge in [-0.3, -0.25) is 0 Å². The lowest BCUT2D eigenvalue weighted by Crippen LogP contribution is -2.45. The minimum absolute atomic E-state index is 0.144. The molecule has 1 amide bonds. The van der Waals surface area contributed by atoms with E-state index in [0.717, 1.165) is 32.2 Å². The number of nitrogens with two attached hydrogens (primary N) is 1. The van der Waals surface area contributed by atoms with Gasteiger partial charge in [-0.15, -0.1) is 0 Å². The van der Waals surface area contributed by atoms with Gasteiger partial charge >= 0.3 is 6.09 Å². The number of amides is 1. The van der Waals surface area contributed by atoms with Crippen molar-refractivity contribution in [1.29, 1.82) is 0 Å². The van der Waals surface area contributed by atoms with Gasteiger partial charge < -0.3 is 15.4 Å². The molecule has 3 atom stereocenters. The van der Waals surface area contributed by atoms with Crippen molar-refractivity contribution in [2.45, 2.75) is 77.0 Å². The lowest BCUT2D eigenvalue weighted by atomic mass is 9.80. The van der Waals surface area contributed by atoms with Gasteiger partial charge in [0.05, 0.1) is 0 Å². The summed E-state index contributed by atoms with van der Waals surface area (Å²) in [6, 6.07) is 0.668. The molecule has 2 fully saturated rings. The molecular formula is C15H28N2O2. The van der Waals surface area contributed by atoms with Crippen molar-refractivity contribution in [2.75, 3.05) is 6.54 Å². The number of carbonyl (C=O) groups is 1. The Hall–Kier alpha value is -0.770. The minimum atomic E-state index is -0.410. The van der Waals surface area contributed by atoms with Crippen LogP contribution >= 0.6 is 0 Å². The normalized spacial score (nSPS) is 32.4. The number of carbonyl (C=O) groups excluding carboxylic acids is 1. The van der Waals surface area contributed by atoms with Gasteiger partial charge in [0.2, 0.25) is 0 Å². The van der Waals surface area contributed by atoms with Crippen LogP contribution in [0.1, 0.15) is 59.3 Å². The van der Waals surface area contributed by atoms with Crippen molar-refractivity contribution in [3.8, 4) is 0 Å². The first kappa shape index (κ1) is 14.6. The van der Waals surface area contributed by atoms with Gasteiger partial charge in [0.1, 0.15) is 5.60 Å². The van der Waals surface area contributed by atoms with Crippen LogP contribution in [0.4, 0.5) is 4.79 Å². The molecule has 2 rings (SSSR count). The third kappa shape index (κ3) is 3.85. The molecule has 110 valence electrons. The third-order valence-electron chi connectivity index (χ3n) is 4.23. The highest BCUT2D eigenvalue weighted by Gasteiger charge is 2.38. The number of hydrogen-bond acceptors (Lipinski definition) is 3. The monoisotopic (exact) mass is 268 g/mol. The molecule has 2 aliphatic rings. The Kier molecular flexibility index (Phi) is 4.39. The first-order valence-corrected chi connectivity index (χ1v) is 7.62. The van der Waals surface area contributed by atoms with Gasteiger partial charge in [-0.25, -0.2) is 4.79 Å². The first-order valence-electron chi connectivity index (χ1n) is 7.62. The molecule has 4 nitrogen and oxygen atoms in total. The highest BCUT2D eigenvalue weighted by Crippen LogP contribution is 2.34. The van der Waals surface area contributed by atoms with Crippen LogP contribution in [0.25, 0.3) is 0 Å². The van der Waals surface area contributed by atoms with E-state index in [-0.39, 0.29) is 6.09 Å². The maximum atomic E-state index is 12.3. The molecule has 1 saturated heterocycles. The summed E-state index contributed by atoms with van der Waals surface area (Å²) in [5.41, 5.74) is 5.67. The molecule has 2 N–H and O–H groups in total. The number of nitrogens with zero attached hydrogens (tertiary/aromatic N) is 1. The Morgan fingerprint density at radius 2 is 1.95 bits per heavy atom. The predicted octanol–water partition coefficient (Wildman–Crippen LogP) is 2.90. The second kappa shape index (κ2) is 5.70. The van der Waals surface area contributed by atoms with E-state index < -0.39 is 5.60 Å². The highest BCUT2D eigenvalue weighted by atomic mass is 16.6. The summed E-state index contributed by atoms with van der Waals surface area (Å²) in [4.78, 5) is 14.2. The van der Waals surface area contributed by atoms with Gasteiger partial charge in [0, 0.05) is 18.6 Å². The molecule has 1 aliphatic carbocycles. The van der Waals surface area contributed by atoms with Gasteiger partial charge in [-0.2, -0.15) is 0 Å². The standard InChI is InChI=1S/C15H28N2O2/c1-15(2,3)19-14(18)17-9-5-8-13(17)11-6-4-7-12(16)10-11/h11-13H,4-10,16H2,1-3H3/t11-,12+,13+/m0/s1. The molecule has 1 heterocycles. The largest absolute Gasteiger partial charge is 0.444 e. The Labute approximate surface area is 116 Å². The van der Waals surface area contributed by atoms with Crippen LogP contribution in [0, 0.1) is 5.92 Å². The molecule has 0 aromatic heterocycles. The Morgan fingerprint density at radius 3 is 2.58 bits per heavy atom. The van der Waals surface area contributed by atoms with E-state index in [1.807, 2.05) is 25.7 Å². The summed E-state index contributed by atoms with van der Waals surface area (Å²) >= 11 is 0. The van der Waals surface area contributed by atoms with E-state index in [9.17, 15) is 4.79 Å². The zero-order valence-corrected chi connectivity index (χ0v) is 12.5. The fourth-order valence-corrected chi connectivity index (χ4v) is 3.45. The maximum Gasteiger partial charge on any atom is 0.410 e. The van der Waals surface area contributed by atoms with Crippen molar-refractivity contribution < 1.29 is 9.53 Å². The van der Waals surface area contributed by atoms with Gasteiger partial charge in [-0.05, 0) is 58.8 Å².